The van der Waals surface area contributed by atoms with E-state index in [0.717, 1.165) is 5.69 Å². The van der Waals surface area contributed by atoms with E-state index in [1.54, 1.807) is 12.3 Å². The molecule has 0 unspecified atom stereocenters. The average molecular weight is 256 g/mol. The molecule has 0 saturated carbocycles. The van der Waals surface area contributed by atoms with Crippen LogP contribution in [0.25, 0.3) is 0 Å². The van der Waals surface area contributed by atoms with E-state index in [1.807, 2.05) is 6.07 Å². The van der Waals surface area contributed by atoms with Crippen LogP contribution in [0.3, 0.4) is 0 Å². The van der Waals surface area contributed by atoms with Gasteiger partial charge in [0.1, 0.15) is 10.8 Å². The minimum atomic E-state index is 0.144. The van der Waals surface area contributed by atoms with Crippen LogP contribution in [0.2, 0.25) is 10.3 Å². The zero-order chi connectivity index (χ0) is 11.4. The molecule has 0 aliphatic heterocycles. The number of hydrogen-bond acceptors (Lipinski definition) is 5. The van der Waals surface area contributed by atoms with Crippen LogP contribution in [0.15, 0.2) is 24.5 Å². The van der Waals surface area contributed by atoms with Gasteiger partial charge < -0.3 is 5.32 Å². The van der Waals surface area contributed by atoms with E-state index in [-0.39, 0.29) is 5.28 Å². The van der Waals surface area contributed by atoms with Crippen molar-refractivity contribution in [3.8, 4) is 0 Å². The van der Waals surface area contributed by atoms with E-state index in [4.69, 9.17) is 23.2 Å². The normalized spacial score (nSPS) is 10.1. The van der Waals surface area contributed by atoms with E-state index in [2.05, 4.69) is 25.5 Å². The second-order valence-electron chi connectivity index (χ2n) is 2.90. The van der Waals surface area contributed by atoms with Crippen LogP contribution in [0.1, 0.15) is 5.69 Å². The Morgan fingerprint density at radius 2 is 2.19 bits per heavy atom. The quantitative estimate of drug-likeness (QED) is 0.852. The molecule has 2 rings (SSSR count). The van der Waals surface area contributed by atoms with Gasteiger partial charge in [0, 0.05) is 6.20 Å². The van der Waals surface area contributed by atoms with Crippen molar-refractivity contribution in [3.05, 3.63) is 40.5 Å². The first kappa shape index (κ1) is 11.0. The largest absolute Gasteiger partial charge is 0.363 e. The van der Waals surface area contributed by atoms with Crippen molar-refractivity contribution in [1.29, 1.82) is 0 Å². The molecule has 0 saturated heterocycles. The molecule has 0 spiro atoms. The van der Waals surface area contributed by atoms with E-state index in [9.17, 15) is 0 Å². The van der Waals surface area contributed by atoms with Crippen LogP contribution in [-0.4, -0.2) is 20.2 Å². The molecule has 2 heterocycles. The number of anilines is 1. The summed E-state index contributed by atoms with van der Waals surface area (Å²) >= 11 is 11.5. The molecule has 2 aromatic rings. The number of halogens is 2. The second kappa shape index (κ2) is 5.05. The third-order valence-electron chi connectivity index (χ3n) is 1.78. The Hall–Kier alpha value is -1.46. The monoisotopic (exact) mass is 255 g/mol. The Labute approximate surface area is 102 Å². The summed E-state index contributed by atoms with van der Waals surface area (Å²) < 4.78 is 0. The number of rotatable bonds is 3. The van der Waals surface area contributed by atoms with Crippen LogP contribution < -0.4 is 5.32 Å². The van der Waals surface area contributed by atoms with Crippen molar-refractivity contribution in [3.63, 3.8) is 0 Å². The molecular weight excluding hydrogens is 249 g/mol. The van der Waals surface area contributed by atoms with Gasteiger partial charge in [0.25, 0.3) is 0 Å². The third-order valence-corrected chi connectivity index (χ3v) is 2.24. The van der Waals surface area contributed by atoms with Crippen molar-refractivity contribution in [1.82, 2.24) is 20.2 Å². The molecule has 5 nitrogen and oxygen atoms in total. The number of nitrogens with one attached hydrogen (secondary N) is 1. The van der Waals surface area contributed by atoms with Gasteiger partial charge in [-0.3, -0.25) is 0 Å². The predicted octanol–water partition coefficient (Wildman–Crippen LogP) is 2.19. The molecule has 7 heteroatoms. The number of aromatic nitrogens is 4. The first-order valence-electron chi connectivity index (χ1n) is 4.44. The van der Waals surface area contributed by atoms with Gasteiger partial charge in [-0.1, -0.05) is 11.6 Å². The SMILES string of the molecule is Clc1ncc(Cl)c(NCc2cccnn2)n1. The van der Waals surface area contributed by atoms with Crippen LogP contribution in [-0.2, 0) is 6.54 Å². The number of nitrogens with zero attached hydrogens (tertiary/aromatic N) is 4. The highest BCUT2D eigenvalue weighted by molar-refractivity contribution is 6.33. The van der Waals surface area contributed by atoms with E-state index < -0.39 is 0 Å². The number of hydrogen-bond donors (Lipinski definition) is 1. The van der Waals surface area contributed by atoms with E-state index in [1.165, 1.54) is 6.20 Å². The van der Waals surface area contributed by atoms with Gasteiger partial charge in [0.05, 0.1) is 18.4 Å². The van der Waals surface area contributed by atoms with Crippen molar-refractivity contribution in [2.45, 2.75) is 6.54 Å². The van der Waals surface area contributed by atoms with Crippen molar-refractivity contribution in [2.24, 2.45) is 0 Å². The molecule has 82 valence electrons. The molecule has 0 bridgehead atoms. The average Bonchev–Trinajstić information content (AvgIpc) is 2.32. The minimum Gasteiger partial charge on any atom is -0.363 e. The van der Waals surface area contributed by atoms with Gasteiger partial charge in [0.15, 0.2) is 0 Å². The lowest BCUT2D eigenvalue weighted by molar-refractivity contribution is 0.919. The summed E-state index contributed by atoms with van der Waals surface area (Å²) in [7, 11) is 0. The van der Waals surface area contributed by atoms with Gasteiger partial charge in [-0.05, 0) is 23.7 Å². The fraction of sp³-hybridized carbons (Fsp3) is 0.111. The van der Waals surface area contributed by atoms with Gasteiger partial charge in [-0.15, -0.1) is 0 Å². The Morgan fingerprint density at radius 1 is 1.31 bits per heavy atom. The standard InChI is InChI=1S/C9H7Cl2N5/c10-7-5-13-9(11)15-8(7)12-4-6-2-1-3-14-16-6/h1-3,5H,4H2,(H,12,13,15). The van der Waals surface area contributed by atoms with Gasteiger partial charge in [-0.25, -0.2) is 4.98 Å². The Bertz CT molecular complexity index is 477. The lowest BCUT2D eigenvalue weighted by atomic mass is 10.4. The smallest absolute Gasteiger partial charge is 0.224 e. The molecular formula is C9H7Cl2N5. The Morgan fingerprint density at radius 3 is 2.94 bits per heavy atom. The Kier molecular flexibility index (Phi) is 3.48. The molecule has 2 aromatic heterocycles. The van der Waals surface area contributed by atoms with E-state index in [0.29, 0.717) is 17.4 Å². The summed E-state index contributed by atoms with van der Waals surface area (Å²) in [6.45, 7) is 0.473. The summed E-state index contributed by atoms with van der Waals surface area (Å²) in [5.41, 5.74) is 0.785. The molecule has 1 N–H and O–H groups in total. The zero-order valence-electron chi connectivity index (χ0n) is 8.06. The van der Waals surface area contributed by atoms with Gasteiger partial charge in [-0.2, -0.15) is 15.2 Å². The second-order valence-corrected chi connectivity index (χ2v) is 3.65. The fourth-order valence-electron chi connectivity index (χ4n) is 1.07. The fourth-order valence-corrected chi connectivity index (χ4v) is 1.36. The molecule has 0 radical (unpaired) electrons. The molecule has 0 atom stereocenters. The lowest BCUT2D eigenvalue weighted by Crippen LogP contribution is -2.04. The third kappa shape index (κ3) is 2.77. The maximum Gasteiger partial charge on any atom is 0.224 e. The van der Waals surface area contributed by atoms with Gasteiger partial charge >= 0.3 is 0 Å². The summed E-state index contributed by atoms with van der Waals surface area (Å²) in [4.78, 5) is 7.70. The summed E-state index contributed by atoms with van der Waals surface area (Å²) in [5, 5.41) is 11.2. The highest BCUT2D eigenvalue weighted by Gasteiger charge is 2.03. The Balaban J connectivity index is 2.08. The topological polar surface area (TPSA) is 63.6 Å². The highest BCUT2D eigenvalue weighted by atomic mass is 35.5. The molecule has 0 aliphatic carbocycles. The summed E-state index contributed by atoms with van der Waals surface area (Å²) in [6.07, 6.45) is 3.05. The molecule has 0 aliphatic rings. The molecule has 16 heavy (non-hydrogen) atoms. The molecule has 0 fully saturated rings. The van der Waals surface area contributed by atoms with Crippen LogP contribution in [0.4, 0.5) is 5.82 Å². The molecule has 0 amide bonds. The highest BCUT2D eigenvalue weighted by Crippen LogP contribution is 2.19. The van der Waals surface area contributed by atoms with Crippen molar-refractivity contribution >= 4 is 29.0 Å². The summed E-state index contributed by atoms with van der Waals surface area (Å²) in [6, 6.07) is 3.65. The zero-order valence-corrected chi connectivity index (χ0v) is 9.57. The van der Waals surface area contributed by atoms with E-state index >= 15 is 0 Å². The minimum absolute atomic E-state index is 0.144. The van der Waals surface area contributed by atoms with Gasteiger partial charge in [0.2, 0.25) is 5.28 Å². The summed E-state index contributed by atoms with van der Waals surface area (Å²) in [5.74, 6) is 0.479. The van der Waals surface area contributed by atoms with Crippen molar-refractivity contribution < 1.29 is 0 Å². The lowest BCUT2D eigenvalue weighted by Gasteiger charge is -2.05. The first-order valence-corrected chi connectivity index (χ1v) is 5.20. The van der Waals surface area contributed by atoms with Crippen molar-refractivity contribution in [2.75, 3.05) is 5.32 Å². The van der Waals surface area contributed by atoms with Crippen LogP contribution in [0.5, 0.6) is 0 Å². The van der Waals surface area contributed by atoms with Crippen LogP contribution in [0, 0.1) is 0 Å². The maximum absolute atomic E-state index is 5.88. The van der Waals surface area contributed by atoms with Crippen LogP contribution >= 0.6 is 23.2 Å². The molecule has 0 aromatic carbocycles. The maximum atomic E-state index is 5.88. The first-order chi connectivity index (χ1) is 7.75. The predicted molar refractivity (Wildman–Crippen MR) is 61.4 cm³/mol.